The molecule has 3 aromatic carbocycles. The number of hydrogen-bond acceptors (Lipinski definition) is 4. The van der Waals surface area contributed by atoms with Crippen molar-refractivity contribution < 1.29 is 4.74 Å². The summed E-state index contributed by atoms with van der Waals surface area (Å²) < 4.78 is 7.58. The number of fused-ring (bicyclic) bond motifs is 1. The first-order chi connectivity index (χ1) is 16.4. The van der Waals surface area contributed by atoms with E-state index in [-0.39, 0.29) is 17.8 Å². The molecule has 0 aliphatic carbocycles. The summed E-state index contributed by atoms with van der Waals surface area (Å²) in [4.78, 5) is 15.9. The van der Waals surface area contributed by atoms with Crippen LogP contribution >= 0.6 is 0 Å². The van der Waals surface area contributed by atoms with Crippen LogP contribution in [-0.4, -0.2) is 29.9 Å². The minimum absolute atomic E-state index is 0.0553. The van der Waals surface area contributed by atoms with E-state index in [1.165, 1.54) is 0 Å². The van der Waals surface area contributed by atoms with Gasteiger partial charge in [0.1, 0.15) is 0 Å². The predicted octanol–water partition coefficient (Wildman–Crippen LogP) is 5.45. The van der Waals surface area contributed by atoms with Crippen LogP contribution in [0.4, 0.5) is 5.69 Å². The number of aryl methyl sites for hydroxylation is 1. The van der Waals surface area contributed by atoms with E-state index in [0.717, 1.165) is 46.5 Å². The van der Waals surface area contributed by atoms with Crippen molar-refractivity contribution in [2.45, 2.75) is 33.0 Å². The van der Waals surface area contributed by atoms with E-state index in [9.17, 15) is 10.1 Å². The Balaban J connectivity index is 1.56. The lowest BCUT2D eigenvalue weighted by Crippen LogP contribution is -2.45. The van der Waals surface area contributed by atoms with Gasteiger partial charge in [-0.1, -0.05) is 24.3 Å². The zero-order valence-corrected chi connectivity index (χ0v) is 19.7. The normalized spacial score (nSPS) is 18.1. The molecule has 1 fully saturated rings. The van der Waals surface area contributed by atoms with Crippen LogP contribution in [0.1, 0.15) is 25.0 Å². The minimum Gasteiger partial charge on any atom is -0.372 e. The molecule has 1 aliphatic rings. The molecule has 1 saturated heterocycles. The van der Waals surface area contributed by atoms with Gasteiger partial charge >= 0.3 is 0 Å². The average molecular weight is 450 g/mol. The number of hydrogen-bond donors (Lipinski definition) is 0. The van der Waals surface area contributed by atoms with Gasteiger partial charge in [0.15, 0.2) is 0 Å². The Morgan fingerprint density at radius 2 is 1.62 bits per heavy atom. The lowest BCUT2D eigenvalue weighted by atomic mass is 9.95. The maximum Gasteiger partial charge on any atom is 0.262 e. The monoisotopic (exact) mass is 449 g/mol. The fourth-order valence-corrected chi connectivity index (χ4v) is 5.00. The highest BCUT2D eigenvalue weighted by Gasteiger charge is 2.22. The Hall–Kier alpha value is -3.88. The molecule has 0 N–H and O–H groups in total. The summed E-state index contributed by atoms with van der Waals surface area (Å²) in [7, 11) is 0. The maximum absolute atomic E-state index is 13.5. The molecule has 1 aromatic heterocycles. The van der Waals surface area contributed by atoms with Crippen molar-refractivity contribution in [1.82, 2.24) is 4.57 Å². The molecule has 2 unspecified atom stereocenters. The van der Waals surface area contributed by atoms with Crippen molar-refractivity contribution in [2.75, 3.05) is 18.0 Å². The first-order valence-corrected chi connectivity index (χ1v) is 11.6. The Kier molecular flexibility index (Phi) is 5.69. The van der Waals surface area contributed by atoms with Crippen molar-refractivity contribution in [2.24, 2.45) is 0 Å². The molecular weight excluding hydrogens is 422 g/mol. The quantitative estimate of drug-likeness (QED) is 0.417. The number of aromatic nitrogens is 1. The molecule has 2 heterocycles. The smallest absolute Gasteiger partial charge is 0.262 e. The highest BCUT2D eigenvalue weighted by Crippen LogP contribution is 2.31. The highest BCUT2D eigenvalue weighted by molar-refractivity contribution is 5.98. The van der Waals surface area contributed by atoms with Crippen LogP contribution in [0.3, 0.4) is 0 Å². The number of anilines is 1. The van der Waals surface area contributed by atoms with Crippen molar-refractivity contribution in [3.05, 3.63) is 94.4 Å². The van der Waals surface area contributed by atoms with Crippen LogP contribution in [-0.2, 0) is 4.74 Å². The summed E-state index contributed by atoms with van der Waals surface area (Å²) in [5.74, 6) is 0. The number of benzene rings is 3. The molecule has 0 amide bonds. The fraction of sp³-hybridized carbons (Fsp3) is 0.241. The maximum atomic E-state index is 13.5. The van der Waals surface area contributed by atoms with Crippen LogP contribution in [0.25, 0.3) is 27.6 Å². The Morgan fingerprint density at radius 1 is 0.941 bits per heavy atom. The van der Waals surface area contributed by atoms with Gasteiger partial charge in [-0.3, -0.25) is 9.36 Å². The van der Waals surface area contributed by atoms with Gasteiger partial charge in [-0.2, -0.15) is 5.26 Å². The van der Waals surface area contributed by atoms with Gasteiger partial charge in [0, 0.05) is 36.0 Å². The van der Waals surface area contributed by atoms with Crippen molar-refractivity contribution in [1.29, 1.82) is 5.26 Å². The fourth-order valence-electron chi connectivity index (χ4n) is 5.00. The second-order valence-corrected chi connectivity index (χ2v) is 9.09. The molecule has 0 bridgehead atoms. The van der Waals surface area contributed by atoms with E-state index < -0.39 is 0 Å². The Morgan fingerprint density at radius 3 is 2.32 bits per heavy atom. The third-order valence-electron chi connectivity index (χ3n) is 6.45. The largest absolute Gasteiger partial charge is 0.372 e. The van der Waals surface area contributed by atoms with Crippen molar-refractivity contribution in [3.63, 3.8) is 0 Å². The molecule has 2 atom stereocenters. The van der Waals surface area contributed by atoms with Gasteiger partial charge in [-0.25, -0.2) is 0 Å². The number of morpholine rings is 1. The predicted molar refractivity (Wildman–Crippen MR) is 137 cm³/mol. The molecule has 1 aliphatic heterocycles. The standard InChI is InChI=1S/C29H27N3O2/c1-19-16-32(25-12-10-24(11-13-25)31-17-20(2)34-21(3)18-31)29(33)27-9-5-8-26(28(19)27)23-7-4-6-22(14-23)15-30/h4-14,16,20-21H,17-18H2,1-3H3. The molecule has 0 saturated carbocycles. The van der Waals surface area contributed by atoms with Crippen LogP contribution in [0.2, 0.25) is 0 Å². The SMILES string of the molecule is Cc1cn(-c2ccc(N3CC(C)OC(C)C3)cc2)c(=O)c2cccc(-c3cccc(C#N)c3)c12. The van der Waals surface area contributed by atoms with E-state index in [4.69, 9.17) is 4.74 Å². The van der Waals surface area contributed by atoms with Crippen molar-refractivity contribution in [3.8, 4) is 22.9 Å². The molecule has 5 nitrogen and oxygen atoms in total. The summed E-state index contributed by atoms with van der Waals surface area (Å²) in [6.07, 6.45) is 2.30. The third-order valence-corrected chi connectivity index (χ3v) is 6.45. The summed E-state index contributed by atoms with van der Waals surface area (Å²) >= 11 is 0. The van der Waals surface area contributed by atoms with Crippen LogP contribution in [0.5, 0.6) is 0 Å². The van der Waals surface area contributed by atoms with Crippen LogP contribution < -0.4 is 10.5 Å². The summed E-state index contributed by atoms with van der Waals surface area (Å²) in [6, 6.07) is 23.7. The van der Waals surface area contributed by atoms with E-state index in [0.29, 0.717) is 10.9 Å². The molecule has 0 radical (unpaired) electrons. The first kappa shape index (κ1) is 21.9. The third kappa shape index (κ3) is 3.98. The van der Waals surface area contributed by atoms with Crippen LogP contribution in [0.15, 0.2) is 77.7 Å². The molecule has 5 rings (SSSR count). The summed E-state index contributed by atoms with van der Waals surface area (Å²) in [6.45, 7) is 7.93. The number of pyridine rings is 1. The van der Waals surface area contributed by atoms with E-state index in [1.807, 2.05) is 61.7 Å². The first-order valence-electron chi connectivity index (χ1n) is 11.6. The van der Waals surface area contributed by atoms with Gasteiger partial charge in [-0.15, -0.1) is 0 Å². The molecule has 170 valence electrons. The Labute approximate surface area is 199 Å². The topological polar surface area (TPSA) is 58.3 Å². The zero-order valence-electron chi connectivity index (χ0n) is 19.7. The number of nitrogens with zero attached hydrogens (tertiary/aromatic N) is 3. The lowest BCUT2D eigenvalue weighted by Gasteiger charge is -2.36. The van der Waals surface area contributed by atoms with Gasteiger partial charge in [-0.05, 0) is 85.3 Å². The average Bonchev–Trinajstić information content (AvgIpc) is 2.85. The van der Waals surface area contributed by atoms with Gasteiger partial charge in [0.25, 0.3) is 5.56 Å². The van der Waals surface area contributed by atoms with Gasteiger partial charge in [0.05, 0.1) is 23.8 Å². The van der Waals surface area contributed by atoms with Crippen molar-refractivity contribution >= 4 is 16.5 Å². The van der Waals surface area contributed by atoms with Crippen LogP contribution in [0, 0.1) is 18.3 Å². The highest BCUT2D eigenvalue weighted by atomic mass is 16.5. The van der Waals surface area contributed by atoms with Gasteiger partial charge < -0.3 is 9.64 Å². The number of ether oxygens (including phenoxy) is 1. The molecule has 5 heteroatoms. The molecular formula is C29H27N3O2. The van der Waals surface area contributed by atoms with Gasteiger partial charge in [0.2, 0.25) is 0 Å². The second kappa shape index (κ2) is 8.81. The summed E-state index contributed by atoms with van der Waals surface area (Å²) in [5.41, 5.74) is 5.42. The van der Waals surface area contributed by atoms with E-state index >= 15 is 0 Å². The number of nitriles is 1. The Bertz CT molecular complexity index is 1450. The molecule has 0 spiro atoms. The van der Waals surface area contributed by atoms with E-state index in [2.05, 4.69) is 36.9 Å². The molecule has 34 heavy (non-hydrogen) atoms. The lowest BCUT2D eigenvalue weighted by molar-refractivity contribution is -0.00521. The summed E-state index contributed by atoms with van der Waals surface area (Å²) in [5, 5.41) is 10.9. The second-order valence-electron chi connectivity index (χ2n) is 9.09. The number of rotatable bonds is 3. The minimum atomic E-state index is -0.0553. The molecule has 4 aromatic rings. The van der Waals surface area contributed by atoms with E-state index in [1.54, 1.807) is 10.6 Å². The zero-order chi connectivity index (χ0) is 23.8.